The number of primary amides is 1. The predicted octanol–water partition coefficient (Wildman–Crippen LogP) is 1.18. The first-order valence-electron chi connectivity index (χ1n) is 6.93. The monoisotopic (exact) mass is 293 g/mol. The average Bonchev–Trinajstić information content (AvgIpc) is 2.42. The van der Waals surface area contributed by atoms with Gasteiger partial charge in [0.1, 0.15) is 18.4 Å². The van der Waals surface area contributed by atoms with Crippen molar-refractivity contribution in [2.75, 3.05) is 13.2 Å². The van der Waals surface area contributed by atoms with Gasteiger partial charge in [0.25, 0.3) is 0 Å². The zero-order valence-electron chi connectivity index (χ0n) is 12.7. The number of amides is 3. The van der Waals surface area contributed by atoms with Crippen LogP contribution in [0.1, 0.15) is 19.4 Å². The fourth-order valence-electron chi connectivity index (χ4n) is 1.78. The predicted molar refractivity (Wildman–Crippen MR) is 81.0 cm³/mol. The second kappa shape index (κ2) is 8.14. The Labute approximate surface area is 125 Å². The number of aryl methyl sites for hydroxylation is 1. The highest BCUT2D eigenvalue weighted by Crippen LogP contribution is 2.10. The molecule has 0 aromatic heterocycles. The van der Waals surface area contributed by atoms with Crippen LogP contribution in [-0.4, -0.2) is 31.1 Å². The summed E-state index contributed by atoms with van der Waals surface area (Å²) in [6, 6.07) is 6.33. The Kier molecular flexibility index (Phi) is 6.52. The highest BCUT2D eigenvalue weighted by Gasteiger charge is 2.22. The number of carbonyl (C=O) groups is 2. The number of benzene rings is 1. The molecule has 1 unspecified atom stereocenters. The van der Waals surface area contributed by atoms with E-state index in [1.165, 1.54) is 0 Å². The van der Waals surface area contributed by atoms with Crippen molar-refractivity contribution < 1.29 is 14.3 Å². The normalized spacial score (nSPS) is 11.8. The molecule has 1 rings (SSSR count). The van der Waals surface area contributed by atoms with Gasteiger partial charge in [-0.25, -0.2) is 4.79 Å². The summed E-state index contributed by atoms with van der Waals surface area (Å²) in [5.74, 6) is 0.442. The minimum absolute atomic E-state index is 0.0458. The lowest BCUT2D eigenvalue weighted by Crippen LogP contribution is -2.51. The lowest BCUT2D eigenvalue weighted by Gasteiger charge is -2.20. The van der Waals surface area contributed by atoms with Crippen molar-refractivity contribution in [2.45, 2.75) is 26.8 Å². The van der Waals surface area contributed by atoms with Crippen LogP contribution in [-0.2, 0) is 4.79 Å². The van der Waals surface area contributed by atoms with Crippen molar-refractivity contribution in [2.24, 2.45) is 11.7 Å². The summed E-state index contributed by atoms with van der Waals surface area (Å²) in [5, 5.41) is 5.15. The number of nitrogens with two attached hydrogens (primary N) is 1. The molecule has 1 aromatic carbocycles. The van der Waals surface area contributed by atoms with Crippen LogP contribution >= 0.6 is 0 Å². The molecule has 6 heteroatoms. The van der Waals surface area contributed by atoms with Crippen molar-refractivity contribution in [3.63, 3.8) is 0 Å². The Morgan fingerprint density at radius 3 is 2.38 bits per heavy atom. The van der Waals surface area contributed by atoms with Crippen LogP contribution in [0.3, 0.4) is 0 Å². The number of hydrogen-bond donors (Lipinski definition) is 3. The van der Waals surface area contributed by atoms with E-state index in [9.17, 15) is 9.59 Å². The number of hydrogen-bond acceptors (Lipinski definition) is 3. The van der Waals surface area contributed by atoms with Gasteiger partial charge in [0.15, 0.2) is 0 Å². The van der Waals surface area contributed by atoms with E-state index in [2.05, 4.69) is 10.6 Å². The first kappa shape index (κ1) is 16.8. The average molecular weight is 293 g/mol. The highest BCUT2D eigenvalue weighted by molar-refractivity contribution is 5.86. The second-order valence-corrected chi connectivity index (χ2v) is 5.18. The van der Waals surface area contributed by atoms with Gasteiger partial charge in [0.2, 0.25) is 5.91 Å². The molecule has 116 valence electrons. The number of carbonyl (C=O) groups excluding carboxylic acids is 2. The maximum absolute atomic E-state index is 11.9. The molecular formula is C15H23N3O3. The molecular weight excluding hydrogens is 270 g/mol. The third kappa shape index (κ3) is 6.16. The van der Waals surface area contributed by atoms with Gasteiger partial charge >= 0.3 is 6.03 Å². The van der Waals surface area contributed by atoms with E-state index in [0.717, 1.165) is 11.3 Å². The van der Waals surface area contributed by atoms with Crippen LogP contribution < -0.4 is 21.1 Å². The van der Waals surface area contributed by atoms with E-state index in [4.69, 9.17) is 10.5 Å². The molecule has 1 atom stereocenters. The summed E-state index contributed by atoms with van der Waals surface area (Å²) in [6.07, 6.45) is 0. The fourth-order valence-corrected chi connectivity index (χ4v) is 1.78. The fraction of sp³-hybridized carbons (Fsp3) is 0.467. The molecule has 0 bridgehead atoms. The molecule has 0 heterocycles. The van der Waals surface area contributed by atoms with Crippen LogP contribution in [0, 0.1) is 12.8 Å². The summed E-state index contributed by atoms with van der Waals surface area (Å²) in [5.41, 5.74) is 6.22. The molecule has 3 amide bonds. The number of nitrogens with one attached hydrogen (secondary N) is 2. The maximum atomic E-state index is 11.9. The van der Waals surface area contributed by atoms with Gasteiger partial charge in [-0.2, -0.15) is 0 Å². The van der Waals surface area contributed by atoms with E-state index in [0.29, 0.717) is 13.2 Å². The summed E-state index contributed by atoms with van der Waals surface area (Å²) in [7, 11) is 0. The molecule has 6 nitrogen and oxygen atoms in total. The van der Waals surface area contributed by atoms with Gasteiger partial charge < -0.3 is 21.1 Å². The Morgan fingerprint density at radius 2 is 1.86 bits per heavy atom. The first-order chi connectivity index (χ1) is 9.90. The zero-order valence-corrected chi connectivity index (χ0v) is 12.7. The van der Waals surface area contributed by atoms with Gasteiger partial charge in [-0.3, -0.25) is 4.79 Å². The number of urea groups is 1. The van der Waals surface area contributed by atoms with E-state index >= 15 is 0 Å². The number of ether oxygens (including phenoxy) is 1. The van der Waals surface area contributed by atoms with Crippen molar-refractivity contribution in [1.29, 1.82) is 0 Å². The largest absolute Gasteiger partial charge is 0.492 e. The molecule has 0 aliphatic carbocycles. The minimum Gasteiger partial charge on any atom is -0.492 e. The summed E-state index contributed by atoms with van der Waals surface area (Å²) < 4.78 is 5.51. The van der Waals surface area contributed by atoms with Crippen molar-refractivity contribution in [3.05, 3.63) is 29.8 Å². The highest BCUT2D eigenvalue weighted by atomic mass is 16.5. The van der Waals surface area contributed by atoms with Crippen LogP contribution in [0.15, 0.2) is 24.3 Å². The third-order valence-electron chi connectivity index (χ3n) is 2.94. The van der Waals surface area contributed by atoms with Crippen molar-refractivity contribution in [3.8, 4) is 5.75 Å². The summed E-state index contributed by atoms with van der Waals surface area (Å²) >= 11 is 0. The van der Waals surface area contributed by atoms with Crippen LogP contribution in [0.5, 0.6) is 5.75 Å². The lowest BCUT2D eigenvalue weighted by molar-refractivity contribution is -0.123. The third-order valence-corrected chi connectivity index (χ3v) is 2.94. The molecule has 0 saturated carbocycles. The molecule has 0 saturated heterocycles. The van der Waals surface area contributed by atoms with E-state index in [-0.39, 0.29) is 11.8 Å². The summed E-state index contributed by atoms with van der Waals surface area (Å²) in [4.78, 5) is 22.8. The molecule has 0 fully saturated rings. The Hall–Kier alpha value is -2.24. The standard InChI is InChI=1S/C15H23N3O3/c1-10(2)13(18-15(16)20)14(19)17-8-9-21-12-6-4-11(3)5-7-12/h4-7,10,13H,8-9H2,1-3H3,(H,17,19)(H3,16,18,20). The van der Waals surface area contributed by atoms with Crippen LogP contribution in [0.2, 0.25) is 0 Å². The van der Waals surface area contributed by atoms with Gasteiger partial charge in [0.05, 0.1) is 6.54 Å². The van der Waals surface area contributed by atoms with E-state index < -0.39 is 12.1 Å². The second-order valence-electron chi connectivity index (χ2n) is 5.18. The Balaban J connectivity index is 2.34. The molecule has 0 spiro atoms. The smallest absolute Gasteiger partial charge is 0.312 e. The Morgan fingerprint density at radius 1 is 1.24 bits per heavy atom. The van der Waals surface area contributed by atoms with Crippen molar-refractivity contribution >= 4 is 11.9 Å². The lowest BCUT2D eigenvalue weighted by atomic mass is 10.0. The van der Waals surface area contributed by atoms with Gasteiger partial charge in [0, 0.05) is 0 Å². The summed E-state index contributed by atoms with van der Waals surface area (Å²) in [6.45, 7) is 6.39. The first-order valence-corrected chi connectivity index (χ1v) is 6.93. The minimum atomic E-state index is -0.709. The zero-order chi connectivity index (χ0) is 15.8. The topological polar surface area (TPSA) is 93.4 Å². The van der Waals surface area contributed by atoms with E-state index in [1.807, 2.05) is 45.0 Å². The molecule has 0 aliphatic heterocycles. The molecule has 21 heavy (non-hydrogen) atoms. The van der Waals surface area contributed by atoms with Crippen LogP contribution in [0.4, 0.5) is 4.79 Å². The van der Waals surface area contributed by atoms with Gasteiger partial charge in [-0.05, 0) is 25.0 Å². The molecule has 4 N–H and O–H groups in total. The van der Waals surface area contributed by atoms with Gasteiger partial charge in [-0.1, -0.05) is 31.5 Å². The van der Waals surface area contributed by atoms with E-state index in [1.54, 1.807) is 0 Å². The van der Waals surface area contributed by atoms with Gasteiger partial charge in [-0.15, -0.1) is 0 Å². The maximum Gasteiger partial charge on any atom is 0.312 e. The quantitative estimate of drug-likeness (QED) is 0.659. The van der Waals surface area contributed by atoms with Crippen LogP contribution in [0.25, 0.3) is 0 Å². The number of rotatable bonds is 7. The molecule has 1 aromatic rings. The molecule has 0 radical (unpaired) electrons. The molecule has 0 aliphatic rings. The Bertz CT molecular complexity index is 472. The SMILES string of the molecule is Cc1ccc(OCCNC(=O)C(NC(N)=O)C(C)C)cc1. The van der Waals surface area contributed by atoms with Crippen molar-refractivity contribution in [1.82, 2.24) is 10.6 Å².